The molecular formula is C27H28O5. The lowest BCUT2D eigenvalue weighted by atomic mass is 10.0. The summed E-state index contributed by atoms with van der Waals surface area (Å²) in [7, 11) is 1.41. The van der Waals surface area contributed by atoms with Gasteiger partial charge in [-0.3, -0.25) is 4.79 Å². The first-order valence-corrected chi connectivity index (χ1v) is 10.7. The zero-order chi connectivity index (χ0) is 22.8. The summed E-state index contributed by atoms with van der Waals surface area (Å²) < 4.78 is 10.8. The Kier molecular flexibility index (Phi) is 8.58. The topological polar surface area (TPSA) is 72.8 Å². The van der Waals surface area contributed by atoms with E-state index in [9.17, 15) is 9.59 Å². The van der Waals surface area contributed by atoms with Crippen LogP contribution in [0.5, 0.6) is 5.75 Å². The molecule has 0 saturated carbocycles. The van der Waals surface area contributed by atoms with Crippen LogP contribution in [0.25, 0.3) is 0 Å². The number of Topliss-reactive ketones (excluding diaryl/α,β-unsaturated/α-hetero) is 1. The summed E-state index contributed by atoms with van der Waals surface area (Å²) in [5.74, 6) is -0.121. The molecular weight excluding hydrogens is 404 g/mol. The first-order valence-electron chi connectivity index (χ1n) is 10.7. The molecule has 166 valence electrons. The van der Waals surface area contributed by atoms with Crippen LogP contribution in [0.2, 0.25) is 0 Å². The van der Waals surface area contributed by atoms with Crippen molar-refractivity contribution in [2.75, 3.05) is 13.7 Å². The van der Waals surface area contributed by atoms with E-state index < -0.39 is 12.1 Å². The molecule has 3 aromatic carbocycles. The molecule has 1 N–H and O–H groups in total. The number of rotatable bonds is 12. The van der Waals surface area contributed by atoms with Gasteiger partial charge in [-0.2, -0.15) is 0 Å². The van der Waals surface area contributed by atoms with E-state index in [4.69, 9.17) is 14.6 Å². The number of benzene rings is 3. The smallest absolute Gasteiger partial charge is 0.333 e. The summed E-state index contributed by atoms with van der Waals surface area (Å²) in [6.45, 7) is 0.573. The predicted octanol–water partition coefficient (Wildman–Crippen LogP) is 4.77. The number of carboxylic acid groups (broad SMARTS) is 1. The quantitative estimate of drug-likeness (QED) is 0.330. The van der Waals surface area contributed by atoms with Gasteiger partial charge in [-0.25, -0.2) is 4.79 Å². The van der Waals surface area contributed by atoms with Crippen molar-refractivity contribution in [2.24, 2.45) is 0 Å². The summed E-state index contributed by atoms with van der Waals surface area (Å²) in [5, 5.41) is 9.07. The SMILES string of the molecule is CO[C@@H](Cc1ccc(CCCOc2ccc(C(=O)Cc3ccccc3)cc2)cc1)C(=O)O. The van der Waals surface area contributed by atoms with Crippen molar-refractivity contribution in [1.82, 2.24) is 0 Å². The monoisotopic (exact) mass is 432 g/mol. The van der Waals surface area contributed by atoms with E-state index in [2.05, 4.69) is 0 Å². The van der Waals surface area contributed by atoms with Gasteiger partial charge in [0.2, 0.25) is 0 Å². The second kappa shape index (κ2) is 11.8. The highest BCUT2D eigenvalue weighted by Gasteiger charge is 2.16. The third kappa shape index (κ3) is 7.06. The Bertz CT molecular complexity index is 994. The van der Waals surface area contributed by atoms with Crippen LogP contribution in [0.1, 0.15) is 33.5 Å². The highest BCUT2D eigenvalue weighted by atomic mass is 16.5. The summed E-state index contributed by atoms with van der Waals surface area (Å²) in [6.07, 6.45) is 1.63. The number of ether oxygens (including phenoxy) is 2. The van der Waals surface area contributed by atoms with E-state index >= 15 is 0 Å². The lowest BCUT2D eigenvalue weighted by molar-refractivity contribution is -0.148. The molecule has 0 bridgehead atoms. The molecule has 0 spiro atoms. The molecule has 32 heavy (non-hydrogen) atoms. The maximum absolute atomic E-state index is 12.4. The van der Waals surface area contributed by atoms with E-state index in [1.54, 1.807) is 0 Å². The molecule has 0 aliphatic rings. The maximum atomic E-state index is 12.4. The van der Waals surface area contributed by atoms with Crippen LogP contribution in [0.15, 0.2) is 78.9 Å². The van der Waals surface area contributed by atoms with Crippen molar-refractivity contribution < 1.29 is 24.2 Å². The van der Waals surface area contributed by atoms with Crippen molar-refractivity contribution in [2.45, 2.75) is 31.8 Å². The number of ketones is 1. The highest BCUT2D eigenvalue weighted by molar-refractivity contribution is 5.97. The number of carbonyl (C=O) groups is 2. The average molecular weight is 433 g/mol. The Morgan fingerprint density at radius 2 is 1.50 bits per heavy atom. The molecule has 0 fully saturated rings. The van der Waals surface area contributed by atoms with Gasteiger partial charge in [0.1, 0.15) is 5.75 Å². The van der Waals surface area contributed by atoms with Crippen molar-refractivity contribution >= 4 is 11.8 Å². The first-order chi connectivity index (χ1) is 15.5. The fourth-order valence-corrected chi connectivity index (χ4v) is 3.41. The highest BCUT2D eigenvalue weighted by Crippen LogP contribution is 2.16. The van der Waals surface area contributed by atoms with Gasteiger partial charge in [-0.05, 0) is 53.8 Å². The van der Waals surface area contributed by atoms with E-state index in [1.165, 1.54) is 12.7 Å². The van der Waals surface area contributed by atoms with Gasteiger partial charge in [0.05, 0.1) is 6.61 Å². The van der Waals surface area contributed by atoms with E-state index in [0.29, 0.717) is 25.0 Å². The second-order valence-corrected chi connectivity index (χ2v) is 7.65. The standard InChI is InChI=1S/C27H28O5/c1-31-26(27(29)30)19-22-11-9-20(10-12-22)8-5-17-32-24-15-13-23(14-16-24)25(28)18-21-6-3-2-4-7-21/h2-4,6-7,9-16,26H,5,8,17-19H2,1H3,(H,29,30)/t26-/m0/s1. The summed E-state index contributed by atoms with van der Waals surface area (Å²) in [4.78, 5) is 23.5. The van der Waals surface area contributed by atoms with Gasteiger partial charge in [-0.15, -0.1) is 0 Å². The Morgan fingerprint density at radius 1 is 0.844 bits per heavy atom. The van der Waals surface area contributed by atoms with Gasteiger partial charge in [0.25, 0.3) is 0 Å². The van der Waals surface area contributed by atoms with Crippen LogP contribution in [0, 0.1) is 0 Å². The summed E-state index contributed by atoms with van der Waals surface area (Å²) in [6, 6.07) is 24.9. The molecule has 0 saturated heterocycles. The fourth-order valence-electron chi connectivity index (χ4n) is 3.41. The number of hydrogen-bond donors (Lipinski definition) is 1. The van der Waals surface area contributed by atoms with Crippen LogP contribution in [0.4, 0.5) is 0 Å². The molecule has 0 radical (unpaired) electrons. The molecule has 0 amide bonds. The van der Waals surface area contributed by atoms with Gasteiger partial charge >= 0.3 is 5.97 Å². The van der Waals surface area contributed by atoms with Crippen molar-refractivity contribution in [3.8, 4) is 5.75 Å². The van der Waals surface area contributed by atoms with E-state index in [-0.39, 0.29) is 5.78 Å². The van der Waals surface area contributed by atoms with E-state index in [1.807, 2.05) is 78.9 Å². The molecule has 5 nitrogen and oxygen atoms in total. The number of carbonyl (C=O) groups excluding carboxylic acids is 1. The lowest BCUT2D eigenvalue weighted by Crippen LogP contribution is -2.24. The average Bonchev–Trinajstić information content (AvgIpc) is 2.82. The lowest BCUT2D eigenvalue weighted by Gasteiger charge is -2.11. The third-order valence-electron chi connectivity index (χ3n) is 5.27. The minimum absolute atomic E-state index is 0.0892. The zero-order valence-corrected chi connectivity index (χ0v) is 18.2. The van der Waals surface area contributed by atoms with E-state index in [0.717, 1.165) is 29.7 Å². The number of aliphatic carboxylic acids is 1. The normalized spacial score (nSPS) is 11.7. The van der Waals surface area contributed by atoms with Crippen molar-refractivity contribution in [3.63, 3.8) is 0 Å². The van der Waals surface area contributed by atoms with Crippen LogP contribution >= 0.6 is 0 Å². The van der Waals surface area contributed by atoms with Gasteiger partial charge in [0.15, 0.2) is 11.9 Å². The van der Waals surface area contributed by atoms with Crippen LogP contribution in [-0.4, -0.2) is 36.7 Å². The Labute approximate surface area is 188 Å². The number of hydrogen-bond acceptors (Lipinski definition) is 4. The predicted molar refractivity (Wildman–Crippen MR) is 123 cm³/mol. The fraction of sp³-hybridized carbons (Fsp3) is 0.259. The molecule has 3 rings (SSSR count). The molecule has 0 aromatic heterocycles. The Balaban J connectivity index is 1.41. The molecule has 0 heterocycles. The first kappa shape index (κ1) is 23.2. The molecule has 5 heteroatoms. The minimum atomic E-state index is -0.956. The molecule has 3 aromatic rings. The summed E-state index contributed by atoms with van der Waals surface area (Å²) >= 11 is 0. The maximum Gasteiger partial charge on any atom is 0.333 e. The van der Waals surface area contributed by atoms with Crippen LogP contribution in [-0.2, 0) is 28.8 Å². The van der Waals surface area contributed by atoms with Crippen LogP contribution in [0.3, 0.4) is 0 Å². The minimum Gasteiger partial charge on any atom is -0.494 e. The molecule has 0 unspecified atom stereocenters. The van der Waals surface area contributed by atoms with Gasteiger partial charge < -0.3 is 14.6 Å². The zero-order valence-electron chi connectivity index (χ0n) is 18.2. The van der Waals surface area contributed by atoms with Gasteiger partial charge in [-0.1, -0.05) is 54.6 Å². The molecule has 1 atom stereocenters. The third-order valence-corrected chi connectivity index (χ3v) is 5.27. The number of carboxylic acids is 1. The largest absolute Gasteiger partial charge is 0.494 e. The van der Waals surface area contributed by atoms with Gasteiger partial charge in [0, 0.05) is 25.5 Å². The van der Waals surface area contributed by atoms with Crippen LogP contribution < -0.4 is 4.74 Å². The number of aryl methyl sites for hydroxylation is 1. The Morgan fingerprint density at radius 3 is 2.12 bits per heavy atom. The molecule has 0 aliphatic carbocycles. The molecule has 0 aliphatic heterocycles. The van der Waals surface area contributed by atoms with Crippen molar-refractivity contribution in [1.29, 1.82) is 0 Å². The summed E-state index contributed by atoms with van der Waals surface area (Å²) in [5.41, 5.74) is 3.79. The second-order valence-electron chi connectivity index (χ2n) is 7.65. The number of methoxy groups -OCH3 is 1. The Hall–Kier alpha value is -3.44. The van der Waals surface area contributed by atoms with Crippen molar-refractivity contribution in [3.05, 3.63) is 101 Å².